The van der Waals surface area contributed by atoms with Crippen molar-refractivity contribution in [3.05, 3.63) is 64.2 Å². The fraction of sp³-hybridized carbons (Fsp3) is 0.417. The molecule has 29 heavy (non-hydrogen) atoms. The molecule has 0 unspecified atom stereocenters. The average molecular weight is 413 g/mol. The first kappa shape index (κ1) is 21.4. The Balaban J connectivity index is 1.76. The molecule has 1 fully saturated rings. The second kappa shape index (κ2) is 9.00. The van der Waals surface area contributed by atoms with Crippen molar-refractivity contribution >= 4 is 29.1 Å². The number of carbonyl (C=O) groups excluding carboxylic acids is 2. The van der Waals surface area contributed by atoms with Gasteiger partial charge in [0.05, 0.1) is 5.92 Å². The van der Waals surface area contributed by atoms with Gasteiger partial charge in [0.15, 0.2) is 0 Å². The molecule has 3 rings (SSSR count). The van der Waals surface area contributed by atoms with Crippen molar-refractivity contribution < 1.29 is 9.59 Å². The molecular formula is C24H29ClN2O2. The SMILES string of the molecule is CC(C)c1cccc(C(C)C)c1NC(=O)[C@H]1CC(=O)N(Cc2ccccc2Cl)C1. The summed E-state index contributed by atoms with van der Waals surface area (Å²) < 4.78 is 0. The van der Waals surface area contributed by atoms with Gasteiger partial charge in [0.1, 0.15) is 0 Å². The Bertz CT molecular complexity index is 881. The molecule has 1 N–H and O–H groups in total. The van der Waals surface area contributed by atoms with Crippen LogP contribution in [0.4, 0.5) is 5.69 Å². The zero-order valence-corrected chi connectivity index (χ0v) is 18.3. The number of benzene rings is 2. The second-order valence-electron chi connectivity index (χ2n) is 8.38. The lowest BCUT2D eigenvalue weighted by Gasteiger charge is -2.22. The molecule has 2 amide bonds. The summed E-state index contributed by atoms with van der Waals surface area (Å²) in [5.74, 6) is 0.142. The van der Waals surface area contributed by atoms with Crippen LogP contribution in [0.15, 0.2) is 42.5 Å². The minimum absolute atomic E-state index is 0.00806. The molecule has 0 saturated carbocycles. The lowest BCUT2D eigenvalue weighted by atomic mass is 9.92. The zero-order valence-electron chi connectivity index (χ0n) is 17.5. The van der Waals surface area contributed by atoms with Crippen LogP contribution in [0.5, 0.6) is 0 Å². The highest BCUT2D eigenvalue weighted by Crippen LogP contribution is 2.33. The quantitative estimate of drug-likeness (QED) is 0.673. The van der Waals surface area contributed by atoms with E-state index in [1.165, 1.54) is 0 Å². The molecule has 154 valence electrons. The number of halogens is 1. The van der Waals surface area contributed by atoms with Crippen molar-refractivity contribution in [2.24, 2.45) is 5.92 Å². The van der Waals surface area contributed by atoms with Crippen molar-refractivity contribution in [2.75, 3.05) is 11.9 Å². The number of para-hydroxylation sites is 1. The molecule has 2 aromatic carbocycles. The number of nitrogens with zero attached hydrogens (tertiary/aromatic N) is 1. The minimum Gasteiger partial charge on any atom is -0.337 e. The van der Waals surface area contributed by atoms with Crippen LogP contribution in [0, 0.1) is 5.92 Å². The first-order valence-corrected chi connectivity index (χ1v) is 10.6. The number of hydrogen-bond donors (Lipinski definition) is 1. The number of carbonyl (C=O) groups is 2. The molecule has 0 spiro atoms. The van der Waals surface area contributed by atoms with Crippen LogP contribution in [0.3, 0.4) is 0 Å². The Hall–Kier alpha value is -2.33. The molecule has 1 aliphatic rings. The van der Waals surface area contributed by atoms with Gasteiger partial charge in [-0.3, -0.25) is 9.59 Å². The van der Waals surface area contributed by atoms with Crippen molar-refractivity contribution in [1.82, 2.24) is 4.90 Å². The molecule has 2 aromatic rings. The topological polar surface area (TPSA) is 49.4 Å². The third-order valence-corrected chi connectivity index (χ3v) is 5.89. The van der Waals surface area contributed by atoms with E-state index in [0.717, 1.165) is 22.4 Å². The molecule has 1 saturated heterocycles. The van der Waals surface area contributed by atoms with Gasteiger partial charge in [0.2, 0.25) is 11.8 Å². The Labute approximate surface area is 178 Å². The summed E-state index contributed by atoms with van der Waals surface area (Å²) in [5.41, 5.74) is 4.05. The molecule has 0 aliphatic carbocycles. The van der Waals surface area contributed by atoms with E-state index in [1.807, 2.05) is 30.3 Å². The maximum Gasteiger partial charge on any atom is 0.229 e. The lowest BCUT2D eigenvalue weighted by Crippen LogP contribution is -2.28. The number of anilines is 1. The number of hydrogen-bond acceptors (Lipinski definition) is 2. The molecule has 1 heterocycles. The standard InChI is InChI=1S/C24H29ClN2O2/c1-15(2)19-9-7-10-20(16(3)4)23(19)26-24(29)18-12-22(28)27(14-18)13-17-8-5-6-11-21(17)25/h5-11,15-16,18H,12-14H2,1-4H3,(H,26,29)/t18-/m0/s1. The van der Waals surface area contributed by atoms with Gasteiger partial charge in [-0.1, -0.05) is 75.7 Å². The first-order chi connectivity index (χ1) is 13.8. The summed E-state index contributed by atoms with van der Waals surface area (Å²) in [5, 5.41) is 3.80. The second-order valence-corrected chi connectivity index (χ2v) is 8.78. The van der Waals surface area contributed by atoms with Gasteiger partial charge in [-0.25, -0.2) is 0 Å². The van der Waals surface area contributed by atoms with Crippen LogP contribution < -0.4 is 5.32 Å². The third kappa shape index (κ3) is 4.81. The maximum absolute atomic E-state index is 13.1. The summed E-state index contributed by atoms with van der Waals surface area (Å²) in [6.45, 7) is 9.34. The van der Waals surface area contributed by atoms with E-state index in [1.54, 1.807) is 4.90 Å². The van der Waals surface area contributed by atoms with Crippen LogP contribution in [0.2, 0.25) is 5.02 Å². The number of rotatable bonds is 6. The molecular weight excluding hydrogens is 384 g/mol. The highest BCUT2D eigenvalue weighted by Gasteiger charge is 2.35. The summed E-state index contributed by atoms with van der Waals surface area (Å²) >= 11 is 6.23. The molecule has 4 nitrogen and oxygen atoms in total. The lowest BCUT2D eigenvalue weighted by molar-refractivity contribution is -0.128. The fourth-order valence-electron chi connectivity index (χ4n) is 3.85. The summed E-state index contributed by atoms with van der Waals surface area (Å²) in [6.07, 6.45) is 0.233. The van der Waals surface area contributed by atoms with Gasteiger partial charge in [-0.2, -0.15) is 0 Å². The molecule has 0 aromatic heterocycles. The van der Waals surface area contributed by atoms with E-state index in [9.17, 15) is 9.59 Å². The predicted octanol–water partition coefficient (Wildman–Crippen LogP) is 5.57. The van der Waals surface area contributed by atoms with E-state index in [2.05, 4.69) is 45.1 Å². The number of nitrogens with one attached hydrogen (secondary N) is 1. The van der Waals surface area contributed by atoms with Gasteiger partial charge in [-0.15, -0.1) is 0 Å². The number of amides is 2. The molecule has 1 atom stereocenters. The minimum atomic E-state index is -0.356. The van der Waals surface area contributed by atoms with Crippen LogP contribution in [-0.4, -0.2) is 23.3 Å². The largest absolute Gasteiger partial charge is 0.337 e. The Morgan fingerprint density at radius 1 is 1.07 bits per heavy atom. The molecule has 5 heteroatoms. The van der Waals surface area contributed by atoms with Gasteiger partial charge in [0, 0.05) is 30.2 Å². The van der Waals surface area contributed by atoms with Crippen molar-refractivity contribution in [1.29, 1.82) is 0 Å². The van der Waals surface area contributed by atoms with Gasteiger partial charge in [-0.05, 0) is 34.6 Å². The van der Waals surface area contributed by atoms with Crippen molar-refractivity contribution in [3.8, 4) is 0 Å². The molecule has 0 radical (unpaired) electrons. The van der Waals surface area contributed by atoms with Gasteiger partial charge >= 0.3 is 0 Å². The average Bonchev–Trinajstić information content (AvgIpc) is 3.04. The highest BCUT2D eigenvalue weighted by molar-refractivity contribution is 6.31. The van der Waals surface area contributed by atoms with Crippen LogP contribution >= 0.6 is 11.6 Å². The van der Waals surface area contributed by atoms with E-state index in [0.29, 0.717) is 29.9 Å². The normalized spacial score (nSPS) is 16.7. The molecule has 1 aliphatic heterocycles. The van der Waals surface area contributed by atoms with E-state index in [4.69, 9.17) is 11.6 Å². The fourth-order valence-corrected chi connectivity index (χ4v) is 4.05. The van der Waals surface area contributed by atoms with E-state index >= 15 is 0 Å². The van der Waals surface area contributed by atoms with Crippen molar-refractivity contribution in [2.45, 2.75) is 52.5 Å². The smallest absolute Gasteiger partial charge is 0.229 e. The zero-order chi connectivity index (χ0) is 21.1. The van der Waals surface area contributed by atoms with Gasteiger partial charge < -0.3 is 10.2 Å². The summed E-state index contributed by atoms with van der Waals surface area (Å²) in [4.78, 5) is 27.3. The summed E-state index contributed by atoms with van der Waals surface area (Å²) in [7, 11) is 0. The Morgan fingerprint density at radius 3 is 2.28 bits per heavy atom. The van der Waals surface area contributed by atoms with Crippen LogP contribution in [0.1, 0.15) is 62.6 Å². The highest BCUT2D eigenvalue weighted by atomic mass is 35.5. The van der Waals surface area contributed by atoms with E-state index in [-0.39, 0.29) is 24.2 Å². The van der Waals surface area contributed by atoms with Crippen LogP contribution in [-0.2, 0) is 16.1 Å². The summed E-state index contributed by atoms with van der Waals surface area (Å²) in [6, 6.07) is 13.7. The van der Waals surface area contributed by atoms with E-state index < -0.39 is 0 Å². The Kier molecular flexibility index (Phi) is 6.63. The van der Waals surface area contributed by atoms with Gasteiger partial charge in [0.25, 0.3) is 0 Å². The maximum atomic E-state index is 13.1. The van der Waals surface area contributed by atoms with Crippen molar-refractivity contribution in [3.63, 3.8) is 0 Å². The predicted molar refractivity (Wildman–Crippen MR) is 118 cm³/mol. The Morgan fingerprint density at radius 2 is 1.69 bits per heavy atom. The molecule has 0 bridgehead atoms. The van der Waals surface area contributed by atoms with Crippen LogP contribution in [0.25, 0.3) is 0 Å². The third-order valence-electron chi connectivity index (χ3n) is 5.53. The first-order valence-electron chi connectivity index (χ1n) is 10.2. The monoisotopic (exact) mass is 412 g/mol. The number of likely N-dealkylation sites (tertiary alicyclic amines) is 1.